The molecule has 1 fully saturated rings. The molecule has 1 aliphatic rings. The van der Waals surface area contributed by atoms with Crippen LogP contribution in [0, 0.1) is 0 Å². The Kier molecular flexibility index (Phi) is 4.83. The highest BCUT2D eigenvalue weighted by molar-refractivity contribution is 5.88. The monoisotopic (exact) mass is 291 g/mol. The molecule has 0 aliphatic carbocycles. The summed E-state index contributed by atoms with van der Waals surface area (Å²) >= 11 is 0. The number of hydrogen-bond acceptors (Lipinski definition) is 4. The molecular formula is C16H21NO4. The fraction of sp³-hybridized carbons (Fsp3) is 0.500. The van der Waals surface area contributed by atoms with E-state index >= 15 is 0 Å². The Balaban J connectivity index is 2.29. The molecule has 2 unspecified atom stereocenters. The first-order valence-electron chi connectivity index (χ1n) is 7.15. The SMILES string of the molecule is CCC(c1ccc(OC)cc1)N1C(=O)CCC1C(=O)OC. The third-order valence-corrected chi connectivity index (χ3v) is 3.95. The van der Waals surface area contributed by atoms with Crippen molar-refractivity contribution in [1.82, 2.24) is 4.90 Å². The molecule has 1 saturated heterocycles. The van der Waals surface area contributed by atoms with Crippen LogP contribution >= 0.6 is 0 Å². The minimum absolute atomic E-state index is 0.00747. The fourth-order valence-corrected chi connectivity index (χ4v) is 2.88. The molecule has 0 N–H and O–H groups in total. The predicted molar refractivity (Wildman–Crippen MR) is 77.9 cm³/mol. The van der Waals surface area contributed by atoms with Gasteiger partial charge < -0.3 is 14.4 Å². The Labute approximate surface area is 124 Å². The van der Waals surface area contributed by atoms with E-state index in [0.29, 0.717) is 12.8 Å². The van der Waals surface area contributed by atoms with Crippen molar-refractivity contribution in [2.75, 3.05) is 14.2 Å². The molecule has 0 bridgehead atoms. The average Bonchev–Trinajstić information content (AvgIpc) is 2.90. The fourth-order valence-electron chi connectivity index (χ4n) is 2.88. The van der Waals surface area contributed by atoms with Crippen molar-refractivity contribution in [3.63, 3.8) is 0 Å². The molecule has 0 radical (unpaired) electrons. The lowest BCUT2D eigenvalue weighted by molar-refractivity contribution is -0.151. The number of carbonyl (C=O) groups excluding carboxylic acids is 2. The third kappa shape index (κ3) is 3.01. The van der Waals surface area contributed by atoms with Crippen molar-refractivity contribution in [3.05, 3.63) is 29.8 Å². The largest absolute Gasteiger partial charge is 0.497 e. The summed E-state index contributed by atoms with van der Waals surface area (Å²) in [7, 11) is 2.97. The topological polar surface area (TPSA) is 55.8 Å². The standard InChI is InChI=1S/C16H21NO4/c1-4-13(11-5-7-12(20-2)8-6-11)17-14(16(19)21-3)9-10-15(17)18/h5-8,13-14H,4,9-10H2,1-3H3. The maximum absolute atomic E-state index is 12.2. The minimum Gasteiger partial charge on any atom is -0.497 e. The van der Waals surface area contributed by atoms with Crippen LogP contribution in [0.1, 0.15) is 37.8 Å². The first kappa shape index (κ1) is 15.4. The van der Waals surface area contributed by atoms with Crippen LogP contribution in [-0.2, 0) is 14.3 Å². The van der Waals surface area contributed by atoms with Crippen molar-refractivity contribution in [1.29, 1.82) is 0 Å². The predicted octanol–water partition coefficient (Wildman–Crippen LogP) is 2.31. The van der Waals surface area contributed by atoms with E-state index in [-0.39, 0.29) is 17.9 Å². The number of esters is 1. The molecule has 1 aromatic rings. The van der Waals surface area contributed by atoms with Crippen molar-refractivity contribution >= 4 is 11.9 Å². The highest BCUT2D eigenvalue weighted by atomic mass is 16.5. The minimum atomic E-state index is -0.477. The number of methoxy groups -OCH3 is 2. The van der Waals surface area contributed by atoms with Gasteiger partial charge >= 0.3 is 5.97 Å². The van der Waals surface area contributed by atoms with Gasteiger partial charge in [-0.15, -0.1) is 0 Å². The quantitative estimate of drug-likeness (QED) is 0.781. The summed E-state index contributed by atoms with van der Waals surface area (Å²) in [4.78, 5) is 25.8. The molecule has 5 heteroatoms. The van der Waals surface area contributed by atoms with Crippen LogP contribution < -0.4 is 4.74 Å². The van der Waals surface area contributed by atoms with Gasteiger partial charge in [-0.05, 0) is 30.5 Å². The summed E-state index contributed by atoms with van der Waals surface area (Å²) in [5.74, 6) is 0.437. The number of likely N-dealkylation sites (tertiary alicyclic amines) is 1. The Morgan fingerprint density at radius 2 is 2.00 bits per heavy atom. The van der Waals surface area contributed by atoms with Crippen molar-refractivity contribution in [2.24, 2.45) is 0 Å². The molecule has 2 atom stereocenters. The van der Waals surface area contributed by atoms with Gasteiger partial charge in [0.1, 0.15) is 11.8 Å². The molecule has 21 heavy (non-hydrogen) atoms. The van der Waals surface area contributed by atoms with E-state index in [9.17, 15) is 9.59 Å². The van der Waals surface area contributed by atoms with E-state index in [4.69, 9.17) is 9.47 Å². The number of benzene rings is 1. The van der Waals surface area contributed by atoms with Crippen LogP contribution in [0.25, 0.3) is 0 Å². The average molecular weight is 291 g/mol. The van der Waals surface area contributed by atoms with E-state index in [0.717, 1.165) is 17.7 Å². The van der Waals surface area contributed by atoms with E-state index < -0.39 is 6.04 Å². The zero-order valence-electron chi connectivity index (χ0n) is 12.7. The van der Waals surface area contributed by atoms with Gasteiger partial charge in [0.15, 0.2) is 0 Å². The van der Waals surface area contributed by atoms with Gasteiger partial charge in [-0.1, -0.05) is 19.1 Å². The number of ether oxygens (including phenoxy) is 2. The zero-order chi connectivity index (χ0) is 15.4. The van der Waals surface area contributed by atoms with Crippen LogP contribution in [-0.4, -0.2) is 37.0 Å². The van der Waals surface area contributed by atoms with Crippen LogP contribution in [0.3, 0.4) is 0 Å². The summed E-state index contributed by atoms with van der Waals surface area (Å²) < 4.78 is 9.98. The smallest absolute Gasteiger partial charge is 0.328 e. The number of rotatable bonds is 5. The lowest BCUT2D eigenvalue weighted by atomic mass is 10.0. The lowest BCUT2D eigenvalue weighted by Gasteiger charge is -2.31. The molecule has 1 amide bonds. The molecular weight excluding hydrogens is 270 g/mol. The second-order valence-corrected chi connectivity index (χ2v) is 5.08. The zero-order valence-corrected chi connectivity index (χ0v) is 12.7. The molecule has 0 spiro atoms. The summed E-state index contributed by atoms with van der Waals surface area (Å²) in [5, 5.41) is 0. The molecule has 0 aromatic heterocycles. The number of nitrogens with zero attached hydrogens (tertiary/aromatic N) is 1. The number of hydrogen-bond donors (Lipinski definition) is 0. The van der Waals surface area contributed by atoms with Gasteiger partial charge in [0.2, 0.25) is 5.91 Å². The summed E-state index contributed by atoms with van der Waals surface area (Å²) in [6.07, 6.45) is 1.66. The summed E-state index contributed by atoms with van der Waals surface area (Å²) in [6, 6.07) is 7.02. The lowest BCUT2D eigenvalue weighted by Crippen LogP contribution is -2.41. The maximum Gasteiger partial charge on any atom is 0.328 e. The molecule has 5 nitrogen and oxygen atoms in total. The van der Waals surface area contributed by atoms with Gasteiger partial charge in [0, 0.05) is 6.42 Å². The van der Waals surface area contributed by atoms with Crippen LogP contribution in [0.4, 0.5) is 0 Å². The second-order valence-electron chi connectivity index (χ2n) is 5.08. The molecule has 1 aromatic carbocycles. The normalized spacial score (nSPS) is 19.5. The van der Waals surface area contributed by atoms with Crippen molar-refractivity contribution in [3.8, 4) is 5.75 Å². The molecule has 0 saturated carbocycles. The van der Waals surface area contributed by atoms with Gasteiger partial charge in [-0.25, -0.2) is 4.79 Å². The van der Waals surface area contributed by atoms with Crippen LogP contribution in [0.15, 0.2) is 24.3 Å². The van der Waals surface area contributed by atoms with Gasteiger partial charge in [0.05, 0.1) is 20.3 Å². The van der Waals surface area contributed by atoms with E-state index in [1.807, 2.05) is 31.2 Å². The Morgan fingerprint density at radius 3 is 2.52 bits per heavy atom. The first-order valence-corrected chi connectivity index (χ1v) is 7.15. The van der Waals surface area contributed by atoms with Gasteiger partial charge in [-0.3, -0.25) is 4.79 Å². The molecule has 114 valence electrons. The van der Waals surface area contributed by atoms with Crippen molar-refractivity contribution in [2.45, 2.75) is 38.3 Å². The molecule has 2 rings (SSSR count). The first-order chi connectivity index (χ1) is 10.1. The van der Waals surface area contributed by atoms with E-state index in [2.05, 4.69) is 0 Å². The van der Waals surface area contributed by atoms with E-state index in [1.165, 1.54) is 7.11 Å². The molecule has 1 aliphatic heterocycles. The van der Waals surface area contributed by atoms with Crippen LogP contribution in [0.5, 0.6) is 5.75 Å². The van der Waals surface area contributed by atoms with Crippen LogP contribution in [0.2, 0.25) is 0 Å². The third-order valence-electron chi connectivity index (χ3n) is 3.95. The number of amides is 1. The second kappa shape index (κ2) is 6.61. The Hall–Kier alpha value is -2.04. The molecule has 1 heterocycles. The van der Waals surface area contributed by atoms with E-state index in [1.54, 1.807) is 12.0 Å². The van der Waals surface area contributed by atoms with Gasteiger partial charge in [0.25, 0.3) is 0 Å². The highest BCUT2D eigenvalue weighted by Crippen LogP contribution is 2.33. The summed E-state index contributed by atoms with van der Waals surface area (Å²) in [6.45, 7) is 2.01. The maximum atomic E-state index is 12.2. The highest BCUT2D eigenvalue weighted by Gasteiger charge is 2.40. The van der Waals surface area contributed by atoms with Gasteiger partial charge in [-0.2, -0.15) is 0 Å². The number of carbonyl (C=O) groups is 2. The Morgan fingerprint density at radius 1 is 1.33 bits per heavy atom. The summed E-state index contributed by atoms with van der Waals surface area (Å²) in [5.41, 5.74) is 1.00. The van der Waals surface area contributed by atoms with Crippen molar-refractivity contribution < 1.29 is 19.1 Å². The Bertz CT molecular complexity index is 512.